The number of rotatable bonds is 5. The molecule has 0 fully saturated rings. The van der Waals surface area contributed by atoms with Gasteiger partial charge in [0.25, 0.3) is 0 Å². The number of aromatic nitrogens is 3. The fraction of sp³-hybridized carbons (Fsp3) is 0.259. The van der Waals surface area contributed by atoms with E-state index in [2.05, 4.69) is 41.1 Å². The number of hydrogen-bond acceptors (Lipinski definition) is 4. The molecule has 33 heavy (non-hydrogen) atoms. The van der Waals surface area contributed by atoms with Gasteiger partial charge in [-0.15, -0.1) is 0 Å². The Kier molecular flexibility index (Phi) is 5.58. The summed E-state index contributed by atoms with van der Waals surface area (Å²) in [7, 11) is 1.69. The SMILES string of the molecule is COc1cc(-c2ccnc3c2CCCN3C(C)c2ccc(F)cc2)ccc1-n1cnc(C)c1. The lowest BCUT2D eigenvalue weighted by molar-refractivity contribution is 0.413. The van der Waals surface area contributed by atoms with Crippen LogP contribution in [0.15, 0.2) is 67.3 Å². The van der Waals surface area contributed by atoms with Gasteiger partial charge < -0.3 is 14.2 Å². The summed E-state index contributed by atoms with van der Waals surface area (Å²) in [6, 6.07) is 15.2. The first-order valence-electron chi connectivity index (χ1n) is 11.2. The van der Waals surface area contributed by atoms with E-state index in [9.17, 15) is 4.39 Å². The third-order valence-corrected chi connectivity index (χ3v) is 6.43. The Morgan fingerprint density at radius 3 is 2.61 bits per heavy atom. The minimum absolute atomic E-state index is 0.105. The number of methoxy groups -OCH3 is 1. The van der Waals surface area contributed by atoms with E-state index in [1.807, 2.05) is 36.0 Å². The number of benzene rings is 2. The van der Waals surface area contributed by atoms with Gasteiger partial charge in [0.2, 0.25) is 0 Å². The van der Waals surface area contributed by atoms with Gasteiger partial charge in [-0.2, -0.15) is 0 Å². The van der Waals surface area contributed by atoms with E-state index in [1.54, 1.807) is 13.4 Å². The number of aryl methyl sites for hydroxylation is 1. The van der Waals surface area contributed by atoms with Crippen molar-refractivity contribution in [3.05, 3.63) is 89.9 Å². The molecule has 2 aromatic carbocycles. The Labute approximate surface area is 193 Å². The van der Waals surface area contributed by atoms with E-state index >= 15 is 0 Å². The molecule has 5 rings (SSSR count). The summed E-state index contributed by atoms with van der Waals surface area (Å²) in [4.78, 5) is 11.4. The third-order valence-electron chi connectivity index (χ3n) is 6.43. The Balaban J connectivity index is 1.53. The van der Waals surface area contributed by atoms with Gasteiger partial charge in [-0.05, 0) is 73.7 Å². The topological polar surface area (TPSA) is 43.2 Å². The first kappa shape index (κ1) is 21.2. The first-order chi connectivity index (χ1) is 16.0. The highest BCUT2D eigenvalue weighted by atomic mass is 19.1. The lowest BCUT2D eigenvalue weighted by Crippen LogP contribution is -2.33. The summed E-state index contributed by atoms with van der Waals surface area (Å²) in [5, 5.41) is 0. The van der Waals surface area contributed by atoms with Crippen molar-refractivity contribution in [3.8, 4) is 22.6 Å². The summed E-state index contributed by atoms with van der Waals surface area (Å²) in [6.07, 6.45) is 7.68. The molecule has 1 aliphatic heterocycles. The summed E-state index contributed by atoms with van der Waals surface area (Å²) in [6.45, 7) is 5.05. The average Bonchev–Trinajstić information content (AvgIpc) is 3.29. The van der Waals surface area contributed by atoms with Crippen molar-refractivity contribution < 1.29 is 9.13 Å². The maximum atomic E-state index is 13.4. The van der Waals surface area contributed by atoms with E-state index in [0.717, 1.165) is 53.5 Å². The molecule has 0 saturated carbocycles. The molecule has 1 aliphatic rings. The Hall–Kier alpha value is -3.67. The molecule has 6 heteroatoms. The summed E-state index contributed by atoms with van der Waals surface area (Å²) < 4.78 is 21.1. The zero-order valence-corrected chi connectivity index (χ0v) is 19.1. The zero-order valence-electron chi connectivity index (χ0n) is 19.1. The molecular weight excluding hydrogens is 415 g/mol. The number of ether oxygens (including phenoxy) is 1. The van der Waals surface area contributed by atoms with Crippen LogP contribution in [0.4, 0.5) is 10.2 Å². The van der Waals surface area contributed by atoms with Gasteiger partial charge in [0.1, 0.15) is 17.4 Å². The Morgan fingerprint density at radius 2 is 1.88 bits per heavy atom. The second-order valence-corrected chi connectivity index (χ2v) is 8.49. The normalized spacial score (nSPS) is 14.1. The van der Waals surface area contributed by atoms with Crippen LogP contribution in [0.2, 0.25) is 0 Å². The van der Waals surface area contributed by atoms with Gasteiger partial charge in [-0.3, -0.25) is 0 Å². The second kappa shape index (κ2) is 8.70. The number of anilines is 1. The number of hydrogen-bond donors (Lipinski definition) is 0. The smallest absolute Gasteiger partial charge is 0.143 e. The van der Waals surface area contributed by atoms with Gasteiger partial charge in [0, 0.05) is 24.5 Å². The second-order valence-electron chi connectivity index (χ2n) is 8.49. The van der Waals surface area contributed by atoms with Gasteiger partial charge in [0.05, 0.1) is 30.9 Å². The average molecular weight is 443 g/mol. The fourth-order valence-electron chi connectivity index (χ4n) is 4.69. The molecule has 0 N–H and O–H groups in total. The van der Waals surface area contributed by atoms with Crippen LogP contribution in [0.1, 0.15) is 36.2 Å². The molecule has 0 spiro atoms. The highest BCUT2D eigenvalue weighted by Crippen LogP contribution is 2.39. The van der Waals surface area contributed by atoms with Crippen molar-refractivity contribution in [2.24, 2.45) is 0 Å². The lowest BCUT2D eigenvalue weighted by Gasteiger charge is -2.36. The van der Waals surface area contributed by atoms with Gasteiger partial charge in [-0.1, -0.05) is 18.2 Å². The van der Waals surface area contributed by atoms with E-state index in [-0.39, 0.29) is 11.9 Å². The van der Waals surface area contributed by atoms with Crippen LogP contribution in [0, 0.1) is 12.7 Å². The minimum atomic E-state index is -0.214. The van der Waals surface area contributed by atoms with Crippen LogP contribution < -0.4 is 9.64 Å². The van der Waals surface area contributed by atoms with Crippen LogP contribution in [0.25, 0.3) is 16.8 Å². The first-order valence-corrected chi connectivity index (χ1v) is 11.2. The predicted octanol–water partition coefficient (Wildman–Crippen LogP) is 5.90. The van der Waals surface area contributed by atoms with Crippen molar-refractivity contribution >= 4 is 5.82 Å². The number of nitrogens with zero attached hydrogens (tertiary/aromatic N) is 4. The number of pyridine rings is 1. The van der Waals surface area contributed by atoms with Gasteiger partial charge in [-0.25, -0.2) is 14.4 Å². The summed E-state index contributed by atoms with van der Waals surface area (Å²) in [5.74, 6) is 1.58. The number of fused-ring (bicyclic) bond motifs is 1. The van der Waals surface area contributed by atoms with Crippen LogP contribution in [0.3, 0.4) is 0 Å². The largest absolute Gasteiger partial charge is 0.495 e. The molecule has 0 aliphatic carbocycles. The molecular formula is C27H27FN4O. The third kappa shape index (κ3) is 3.97. The molecule has 0 bridgehead atoms. The van der Waals surface area contributed by atoms with Crippen LogP contribution in [-0.4, -0.2) is 28.2 Å². The lowest BCUT2D eigenvalue weighted by atomic mass is 9.93. The molecule has 168 valence electrons. The molecule has 3 heterocycles. The van der Waals surface area contributed by atoms with E-state index in [4.69, 9.17) is 9.72 Å². The molecule has 5 nitrogen and oxygen atoms in total. The Bertz CT molecular complexity index is 1280. The quantitative estimate of drug-likeness (QED) is 0.386. The summed E-state index contributed by atoms with van der Waals surface area (Å²) >= 11 is 0. The molecule has 1 unspecified atom stereocenters. The Morgan fingerprint density at radius 1 is 1.06 bits per heavy atom. The number of imidazole rings is 1. The van der Waals surface area contributed by atoms with Crippen LogP contribution in [-0.2, 0) is 6.42 Å². The molecule has 1 atom stereocenters. The van der Waals surface area contributed by atoms with Gasteiger partial charge in [0.15, 0.2) is 0 Å². The van der Waals surface area contributed by atoms with E-state index in [0.29, 0.717) is 0 Å². The highest BCUT2D eigenvalue weighted by molar-refractivity contribution is 5.75. The number of halogens is 1. The molecule has 2 aromatic heterocycles. The highest BCUT2D eigenvalue weighted by Gasteiger charge is 2.26. The minimum Gasteiger partial charge on any atom is -0.495 e. The maximum Gasteiger partial charge on any atom is 0.143 e. The van der Waals surface area contributed by atoms with Crippen molar-refractivity contribution in [3.63, 3.8) is 0 Å². The summed E-state index contributed by atoms with van der Waals surface area (Å²) in [5.41, 5.74) is 6.50. The van der Waals surface area contributed by atoms with Crippen molar-refractivity contribution in [1.82, 2.24) is 14.5 Å². The van der Waals surface area contributed by atoms with Crippen LogP contribution >= 0.6 is 0 Å². The standard InChI is InChI=1S/C27H27FN4O/c1-18-16-31(17-30-18)25-11-8-21(15-26(25)33-3)23-12-13-29-27-24(23)5-4-14-32(27)19(2)20-6-9-22(28)10-7-20/h6-13,15-17,19H,4-5,14H2,1-3H3. The molecule has 4 aromatic rings. The molecule has 0 radical (unpaired) electrons. The zero-order chi connectivity index (χ0) is 22.9. The van der Waals surface area contributed by atoms with Gasteiger partial charge >= 0.3 is 0 Å². The maximum absolute atomic E-state index is 13.4. The van der Waals surface area contributed by atoms with Crippen LogP contribution in [0.5, 0.6) is 5.75 Å². The monoisotopic (exact) mass is 442 g/mol. The van der Waals surface area contributed by atoms with Crippen molar-refractivity contribution in [2.45, 2.75) is 32.7 Å². The van der Waals surface area contributed by atoms with E-state index in [1.165, 1.54) is 23.3 Å². The predicted molar refractivity (Wildman–Crippen MR) is 129 cm³/mol. The molecule has 0 amide bonds. The van der Waals surface area contributed by atoms with Crippen molar-refractivity contribution in [1.29, 1.82) is 0 Å². The van der Waals surface area contributed by atoms with Crippen molar-refractivity contribution in [2.75, 3.05) is 18.6 Å². The molecule has 0 saturated heterocycles. The fourth-order valence-corrected chi connectivity index (χ4v) is 4.69. The van der Waals surface area contributed by atoms with E-state index < -0.39 is 0 Å².